The molecule has 2 heterocycles. The van der Waals surface area contributed by atoms with Gasteiger partial charge < -0.3 is 10.1 Å². The van der Waals surface area contributed by atoms with E-state index in [4.69, 9.17) is 11.6 Å². The maximum Gasteiger partial charge on any atom is 0.110 e. The predicted octanol–water partition coefficient (Wildman–Crippen LogP) is 2.69. The van der Waals surface area contributed by atoms with Crippen molar-refractivity contribution in [2.45, 2.75) is 18.4 Å². The molecule has 0 spiro atoms. The van der Waals surface area contributed by atoms with Crippen molar-refractivity contribution in [1.82, 2.24) is 9.88 Å². The Bertz CT molecular complexity index is 719. The zero-order valence-corrected chi connectivity index (χ0v) is 12.1. The van der Waals surface area contributed by atoms with Crippen LogP contribution in [0.1, 0.15) is 17.0 Å². The zero-order valence-electron chi connectivity index (χ0n) is 11.4. The number of halogens is 1. The van der Waals surface area contributed by atoms with Crippen molar-refractivity contribution in [1.29, 1.82) is 0 Å². The van der Waals surface area contributed by atoms with E-state index < -0.39 is 0 Å². The van der Waals surface area contributed by atoms with Gasteiger partial charge in [0.1, 0.15) is 5.15 Å². The molecule has 0 amide bonds. The minimum Gasteiger partial charge on any atom is -0.392 e. The number of aromatic nitrogens is 1. The van der Waals surface area contributed by atoms with Crippen molar-refractivity contribution in [3.8, 4) is 0 Å². The number of H-pyrrole nitrogens is 1. The maximum absolute atomic E-state index is 9.47. The molecule has 1 aliphatic carbocycles. The van der Waals surface area contributed by atoms with Crippen LogP contribution in [0, 0.1) is 0 Å². The molecule has 2 aromatic rings. The molecule has 3 nitrogen and oxygen atoms in total. The Morgan fingerprint density at radius 3 is 3.10 bits per heavy atom. The normalized spacial score (nSPS) is 25.6. The van der Waals surface area contributed by atoms with E-state index in [1.807, 2.05) is 0 Å². The van der Waals surface area contributed by atoms with Gasteiger partial charge >= 0.3 is 0 Å². The predicted molar refractivity (Wildman–Crippen MR) is 81.3 cm³/mol. The number of benzene rings is 1. The largest absolute Gasteiger partial charge is 0.392 e. The summed E-state index contributed by atoms with van der Waals surface area (Å²) < 4.78 is 0. The average molecular weight is 289 g/mol. The number of aromatic amines is 1. The summed E-state index contributed by atoms with van der Waals surface area (Å²) in [5.41, 5.74) is 4.80. The third kappa shape index (κ3) is 1.60. The first-order valence-corrected chi connectivity index (χ1v) is 7.36. The van der Waals surface area contributed by atoms with Crippen LogP contribution in [-0.4, -0.2) is 41.2 Å². The Hall–Kier alpha value is -1.29. The van der Waals surface area contributed by atoms with Gasteiger partial charge in [0, 0.05) is 29.4 Å². The number of fused-ring (bicyclic) bond motifs is 2. The van der Waals surface area contributed by atoms with Crippen LogP contribution in [0.15, 0.2) is 29.8 Å². The standard InChI is InChI=1S/C16H17ClN2O/c1-19-7-9(8-20)5-11-10-3-2-4-13-15(10)12(6-14(11)19)16(17)18-13/h2-5,11,14,18,20H,6-8H2,1H3/t11-,14-/m1/s1. The number of likely N-dealkylation sites (N-methyl/N-ethyl adjacent to an activating group) is 1. The maximum atomic E-state index is 9.47. The molecule has 0 unspecified atom stereocenters. The molecule has 0 fully saturated rings. The summed E-state index contributed by atoms with van der Waals surface area (Å²) in [4.78, 5) is 5.62. The fourth-order valence-corrected chi connectivity index (χ4v) is 4.08. The van der Waals surface area contributed by atoms with Crippen LogP contribution >= 0.6 is 11.6 Å². The van der Waals surface area contributed by atoms with Gasteiger partial charge in [0.25, 0.3) is 0 Å². The summed E-state index contributed by atoms with van der Waals surface area (Å²) in [6.45, 7) is 0.981. The molecule has 2 atom stereocenters. The Morgan fingerprint density at radius 1 is 1.45 bits per heavy atom. The number of aliphatic hydroxyl groups excluding tert-OH is 1. The van der Waals surface area contributed by atoms with Gasteiger partial charge in [-0.3, -0.25) is 4.90 Å². The Balaban J connectivity index is 1.97. The number of hydrogen-bond acceptors (Lipinski definition) is 2. The van der Waals surface area contributed by atoms with Crippen molar-refractivity contribution >= 4 is 22.5 Å². The zero-order chi connectivity index (χ0) is 13.9. The topological polar surface area (TPSA) is 39.3 Å². The first-order chi connectivity index (χ1) is 9.69. The van der Waals surface area contributed by atoms with E-state index in [9.17, 15) is 5.11 Å². The summed E-state index contributed by atoms with van der Waals surface area (Å²) in [6, 6.07) is 6.78. The molecule has 1 aromatic carbocycles. The molecule has 1 aliphatic heterocycles. The molecule has 2 N–H and O–H groups in total. The molecule has 0 radical (unpaired) electrons. The summed E-state index contributed by atoms with van der Waals surface area (Å²) in [5, 5.41) is 11.5. The fourth-order valence-electron chi connectivity index (χ4n) is 3.81. The van der Waals surface area contributed by atoms with Crippen molar-refractivity contribution in [2.75, 3.05) is 20.2 Å². The summed E-state index contributed by atoms with van der Waals surface area (Å²) in [6.07, 6.45) is 3.22. The van der Waals surface area contributed by atoms with E-state index in [1.165, 1.54) is 16.5 Å². The Kier molecular flexibility index (Phi) is 2.71. The highest BCUT2D eigenvalue weighted by Crippen LogP contribution is 2.43. The highest BCUT2D eigenvalue weighted by molar-refractivity contribution is 6.32. The third-order valence-electron chi connectivity index (χ3n) is 4.73. The van der Waals surface area contributed by atoms with Gasteiger partial charge in [0.2, 0.25) is 0 Å². The highest BCUT2D eigenvalue weighted by atomic mass is 35.5. The molecule has 104 valence electrons. The summed E-state index contributed by atoms with van der Waals surface area (Å²) in [7, 11) is 2.13. The van der Waals surface area contributed by atoms with Crippen LogP contribution in [0.4, 0.5) is 0 Å². The quantitative estimate of drug-likeness (QED) is 0.792. The van der Waals surface area contributed by atoms with Crippen LogP contribution < -0.4 is 0 Å². The monoisotopic (exact) mass is 288 g/mol. The van der Waals surface area contributed by atoms with Crippen molar-refractivity contribution in [3.63, 3.8) is 0 Å². The van der Waals surface area contributed by atoms with Gasteiger partial charge in [0.15, 0.2) is 0 Å². The third-order valence-corrected chi connectivity index (χ3v) is 5.05. The van der Waals surface area contributed by atoms with E-state index in [-0.39, 0.29) is 6.61 Å². The first kappa shape index (κ1) is 12.5. The van der Waals surface area contributed by atoms with Gasteiger partial charge in [0.05, 0.1) is 6.61 Å². The second-order valence-corrected chi connectivity index (χ2v) is 6.26. The smallest absolute Gasteiger partial charge is 0.110 e. The molecule has 0 saturated carbocycles. The summed E-state index contributed by atoms with van der Waals surface area (Å²) in [5.74, 6) is 0.346. The number of rotatable bonds is 1. The minimum atomic E-state index is 0.143. The summed E-state index contributed by atoms with van der Waals surface area (Å²) >= 11 is 6.38. The van der Waals surface area contributed by atoms with Crippen molar-refractivity contribution < 1.29 is 5.11 Å². The second kappa shape index (κ2) is 4.35. The van der Waals surface area contributed by atoms with Crippen LogP contribution in [0.2, 0.25) is 5.15 Å². The van der Waals surface area contributed by atoms with Crippen LogP contribution in [0.5, 0.6) is 0 Å². The molecule has 4 rings (SSSR count). The fraction of sp³-hybridized carbons (Fsp3) is 0.375. The van der Waals surface area contributed by atoms with E-state index in [1.54, 1.807) is 0 Å². The molecule has 4 heteroatoms. The SMILES string of the molecule is CN1CC(CO)=C[C@@H]2c3cccc4[nH]c(Cl)c(c34)C[C@H]21. The minimum absolute atomic E-state index is 0.143. The molecule has 0 bridgehead atoms. The van der Waals surface area contributed by atoms with E-state index in [0.29, 0.717) is 12.0 Å². The van der Waals surface area contributed by atoms with Gasteiger partial charge in [-0.25, -0.2) is 0 Å². The molecule has 1 aromatic heterocycles. The Morgan fingerprint density at radius 2 is 2.30 bits per heavy atom. The van der Waals surface area contributed by atoms with E-state index >= 15 is 0 Å². The van der Waals surface area contributed by atoms with Crippen molar-refractivity contribution in [2.24, 2.45) is 0 Å². The lowest BCUT2D eigenvalue weighted by molar-refractivity contribution is 0.208. The lowest BCUT2D eigenvalue weighted by atomic mass is 9.77. The second-order valence-electron chi connectivity index (χ2n) is 5.88. The van der Waals surface area contributed by atoms with Gasteiger partial charge in [-0.1, -0.05) is 29.8 Å². The lowest BCUT2D eigenvalue weighted by Crippen LogP contribution is -2.44. The number of aliphatic hydroxyl groups is 1. The van der Waals surface area contributed by atoms with E-state index in [2.05, 4.69) is 41.2 Å². The molecular formula is C16H17ClN2O. The number of nitrogens with one attached hydrogen (secondary N) is 1. The van der Waals surface area contributed by atoms with Crippen LogP contribution in [0.25, 0.3) is 10.9 Å². The molecule has 0 saturated heterocycles. The van der Waals surface area contributed by atoms with Gasteiger partial charge in [-0.2, -0.15) is 0 Å². The molecule has 20 heavy (non-hydrogen) atoms. The van der Waals surface area contributed by atoms with Gasteiger partial charge in [-0.15, -0.1) is 0 Å². The first-order valence-electron chi connectivity index (χ1n) is 6.98. The van der Waals surface area contributed by atoms with Crippen molar-refractivity contribution in [3.05, 3.63) is 46.1 Å². The van der Waals surface area contributed by atoms with Gasteiger partial charge in [-0.05, 0) is 36.2 Å². The Labute approximate surface area is 122 Å². The van der Waals surface area contributed by atoms with Crippen LogP contribution in [-0.2, 0) is 6.42 Å². The number of hydrogen-bond donors (Lipinski definition) is 2. The van der Waals surface area contributed by atoms with Crippen LogP contribution in [0.3, 0.4) is 0 Å². The highest BCUT2D eigenvalue weighted by Gasteiger charge is 2.36. The molecular weight excluding hydrogens is 272 g/mol. The average Bonchev–Trinajstić information content (AvgIpc) is 2.77. The van der Waals surface area contributed by atoms with E-state index in [0.717, 1.165) is 29.2 Å². The lowest BCUT2D eigenvalue weighted by Gasteiger charge is -2.41. The molecule has 2 aliphatic rings. The number of nitrogens with zero attached hydrogens (tertiary/aromatic N) is 1.